The number of alkyl halides is 1. The Kier molecular flexibility index (Phi) is 6.26. The summed E-state index contributed by atoms with van der Waals surface area (Å²) in [7, 11) is -3.37. The Morgan fingerprint density at radius 3 is 2.57 bits per heavy atom. The Hall–Kier alpha value is -0.390. The molecule has 1 aliphatic rings. The van der Waals surface area contributed by atoms with Crippen molar-refractivity contribution in [3.8, 4) is 0 Å². The summed E-state index contributed by atoms with van der Waals surface area (Å²) in [6, 6.07) is 7.24. The molecule has 0 aliphatic heterocycles. The third kappa shape index (κ3) is 5.08. The molecule has 2 rings (SSSR count). The van der Waals surface area contributed by atoms with Crippen molar-refractivity contribution in [2.75, 3.05) is 6.54 Å². The van der Waals surface area contributed by atoms with Gasteiger partial charge in [-0.25, -0.2) is 13.1 Å². The van der Waals surface area contributed by atoms with E-state index in [1.54, 1.807) is 12.1 Å². The number of halogens is 1. The van der Waals surface area contributed by atoms with E-state index < -0.39 is 10.0 Å². The van der Waals surface area contributed by atoms with Gasteiger partial charge in [-0.3, -0.25) is 0 Å². The second-order valence-electron chi connectivity index (χ2n) is 5.88. The molecule has 2 unspecified atom stereocenters. The Bertz CT molecular complexity index is 542. The zero-order valence-corrected chi connectivity index (χ0v) is 14.9. The molecule has 21 heavy (non-hydrogen) atoms. The van der Waals surface area contributed by atoms with Crippen LogP contribution in [0.2, 0.25) is 0 Å². The highest BCUT2D eigenvalue weighted by Gasteiger charge is 2.22. The normalized spacial score (nSPS) is 23.1. The summed E-state index contributed by atoms with van der Waals surface area (Å²) in [5.74, 6) is 0.442. The highest BCUT2D eigenvalue weighted by Crippen LogP contribution is 2.28. The van der Waals surface area contributed by atoms with Gasteiger partial charge < -0.3 is 0 Å². The van der Waals surface area contributed by atoms with Crippen LogP contribution in [-0.2, 0) is 16.4 Å². The first-order chi connectivity index (χ1) is 10.0. The topological polar surface area (TPSA) is 46.2 Å². The molecule has 1 aromatic rings. The fraction of sp³-hybridized carbons (Fsp3) is 0.625. The predicted molar refractivity (Wildman–Crippen MR) is 90.3 cm³/mol. The Labute approximate surface area is 136 Å². The molecule has 1 aliphatic carbocycles. The van der Waals surface area contributed by atoms with Gasteiger partial charge in [0.15, 0.2) is 0 Å². The molecule has 1 aromatic carbocycles. The molecule has 0 spiro atoms. The number of benzene rings is 1. The molecule has 2 atom stereocenters. The van der Waals surface area contributed by atoms with E-state index in [1.807, 2.05) is 12.1 Å². The molecule has 0 bridgehead atoms. The first kappa shape index (κ1) is 17.0. The van der Waals surface area contributed by atoms with Crippen LogP contribution in [0.5, 0.6) is 0 Å². The molecule has 5 heteroatoms. The van der Waals surface area contributed by atoms with Gasteiger partial charge in [0.1, 0.15) is 0 Å². The Morgan fingerprint density at radius 1 is 1.24 bits per heavy atom. The third-order valence-corrected chi connectivity index (χ3v) is 6.32. The smallest absolute Gasteiger partial charge is 0.211 e. The average molecular weight is 374 g/mol. The minimum absolute atomic E-state index is 0.369. The molecular formula is C16H24BrNO2S. The summed E-state index contributed by atoms with van der Waals surface area (Å²) < 4.78 is 27.4. The Morgan fingerprint density at radius 2 is 1.95 bits per heavy atom. The van der Waals surface area contributed by atoms with Crippen molar-refractivity contribution >= 4 is 26.0 Å². The van der Waals surface area contributed by atoms with E-state index in [4.69, 9.17) is 0 Å². The molecule has 118 valence electrons. The van der Waals surface area contributed by atoms with E-state index in [0.29, 0.717) is 22.2 Å². The quantitative estimate of drug-likeness (QED) is 0.769. The molecule has 3 nitrogen and oxygen atoms in total. The first-order valence-corrected chi connectivity index (χ1v) is 10.1. The summed E-state index contributed by atoms with van der Waals surface area (Å²) in [6.07, 6.45) is 6.59. The SMILES string of the molecule is CCCc1ccc(S(=O)(=O)NCC2CCCC(Br)C2)cc1. The maximum Gasteiger partial charge on any atom is 0.240 e. The minimum Gasteiger partial charge on any atom is -0.211 e. The summed E-state index contributed by atoms with van der Waals surface area (Å²) in [5.41, 5.74) is 1.19. The van der Waals surface area contributed by atoms with Crippen LogP contribution in [0.3, 0.4) is 0 Å². The van der Waals surface area contributed by atoms with Gasteiger partial charge in [-0.05, 0) is 49.3 Å². The fourth-order valence-electron chi connectivity index (χ4n) is 2.85. The molecular weight excluding hydrogens is 350 g/mol. The minimum atomic E-state index is -3.37. The van der Waals surface area contributed by atoms with E-state index >= 15 is 0 Å². The monoisotopic (exact) mass is 373 g/mol. The Balaban J connectivity index is 1.94. The zero-order chi connectivity index (χ0) is 15.3. The summed E-state index contributed by atoms with van der Waals surface area (Å²) in [6.45, 7) is 2.66. The molecule has 0 aromatic heterocycles. The number of sulfonamides is 1. The van der Waals surface area contributed by atoms with Crippen LogP contribution in [0, 0.1) is 5.92 Å². The molecule has 0 radical (unpaired) electrons. The van der Waals surface area contributed by atoms with Crippen LogP contribution in [0.1, 0.15) is 44.6 Å². The third-order valence-electron chi connectivity index (χ3n) is 4.05. The highest BCUT2D eigenvalue weighted by molar-refractivity contribution is 9.09. The predicted octanol–water partition coefficient (Wildman–Crippen LogP) is 3.87. The van der Waals surface area contributed by atoms with Gasteiger partial charge in [0.05, 0.1) is 4.90 Å². The number of rotatable bonds is 6. The summed E-state index contributed by atoms with van der Waals surface area (Å²) >= 11 is 3.64. The number of aryl methyl sites for hydroxylation is 1. The van der Waals surface area contributed by atoms with Crippen LogP contribution in [0.15, 0.2) is 29.2 Å². The van der Waals surface area contributed by atoms with Gasteiger partial charge >= 0.3 is 0 Å². The van der Waals surface area contributed by atoms with Gasteiger partial charge in [0, 0.05) is 11.4 Å². The van der Waals surface area contributed by atoms with E-state index in [-0.39, 0.29) is 0 Å². The van der Waals surface area contributed by atoms with Crippen LogP contribution >= 0.6 is 15.9 Å². The number of nitrogens with one attached hydrogen (secondary N) is 1. The maximum absolute atomic E-state index is 12.3. The number of hydrogen-bond acceptors (Lipinski definition) is 2. The van der Waals surface area contributed by atoms with Gasteiger partial charge in [-0.1, -0.05) is 47.8 Å². The standard InChI is InChI=1S/C16H24BrNO2S/c1-2-4-13-7-9-16(10-8-13)21(19,20)18-12-14-5-3-6-15(17)11-14/h7-10,14-15,18H,2-6,11-12H2,1H3. The van der Waals surface area contributed by atoms with Crippen molar-refractivity contribution in [2.45, 2.75) is 55.2 Å². The van der Waals surface area contributed by atoms with Crippen molar-refractivity contribution < 1.29 is 8.42 Å². The van der Waals surface area contributed by atoms with E-state index in [9.17, 15) is 8.42 Å². The molecule has 0 saturated heterocycles. The van der Waals surface area contributed by atoms with Crippen LogP contribution in [0.25, 0.3) is 0 Å². The lowest BCUT2D eigenvalue weighted by molar-refractivity contribution is 0.368. The fourth-order valence-corrected chi connectivity index (χ4v) is 4.81. The molecule has 1 fully saturated rings. The van der Waals surface area contributed by atoms with Crippen molar-refractivity contribution in [1.82, 2.24) is 4.72 Å². The second kappa shape index (κ2) is 7.75. The zero-order valence-electron chi connectivity index (χ0n) is 12.5. The number of hydrogen-bond donors (Lipinski definition) is 1. The van der Waals surface area contributed by atoms with Gasteiger partial charge in [-0.2, -0.15) is 0 Å². The van der Waals surface area contributed by atoms with Gasteiger partial charge in [-0.15, -0.1) is 0 Å². The molecule has 1 N–H and O–H groups in total. The summed E-state index contributed by atoms with van der Waals surface area (Å²) in [4.78, 5) is 0.905. The van der Waals surface area contributed by atoms with E-state index in [0.717, 1.165) is 25.7 Å². The van der Waals surface area contributed by atoms with Crippen molar-refractivity contribution in [1.29, 1.82) is 0 Å². The lowest BCUT2D eigenvalue weighted by atomic mass is 9.89. The van der Waals surface area contributed by atoms with Crippen molar-refractivity contribution in [3.05, 3.63) is 29.8 Å². The van der Waals surface area contributed by atoms with E-state index in [2.05, 4.69) is 27.6 Å². The van der Waals surface area contributed by atoms with Gasteiger partial charge in [0.2, 0.25) is 10.0 Å². The van der Waals surface area contributed by atoms with Crippen LogP contribution in [0.4, 0.5) is 0 Å². The lowest BCUT2D eigenvalue weighted by Gasteiger charge is -2.25. The largest absolute Gasteiger partial charge is 0.240 e. The second-order valence-corrected chi connectivity index (χ2v) is 8.94. The summed E-state index contributed by atoms with van der Waals surface area (Å²) in [5, 5.41) is 0. The lowest BCUT2D eigenvalue weighted by Crippen LogP contribution is -2.32. The maximum atomic E-state index is 12.3. The first-order valence-electron chi connectivity index (χ1n) is 7.74. The van der Waals surface area contributed by atoms with Crippen LogP contribution < -0.4 is 4.72 Å². The van der Waals surface area contributed by atoms with Crippen LogP contribution in [-0.4, -0.2) is 19.8 Å². The molecule has 0 heterocycles. The van der Waals surface area contributed by atoms with E-state index in [1.165, 1.54) is 18.4 Å². The van der Waals surface area contributed by atoms with Crippen molar-refractivity contribution in [2.24, 2.45) is 5.92 Å². The average Bonchev–Trinajstić information content (AvgIpc) is 2.46. The molecule has 1 saturated carbocycles. The van der Waals surface area contributed by atoms with Crippen molar-refractivity contribution in [3.63, 3.8) is 0 Å². The van der Waals surface area contributed by atoms with Gasteiger partial charge in [0.25, 0.3) is 0 Å². The highest BCUT2D eigenvalue weighted by atomic mass is 79.9. The molecule has 0 amide bonds.